The Labute approximate surface area is 174 Å². The first-order valence-electron chi connectivity index (χ1n) is 9.75. The Balaban J connectivity index is 1.44. The third kappa shape index (κ3) is 3.96. The third-order valence-electron chi connectivity index (χ3n) is 5.08. The number of piperazine rings is 1. The zero-order valence-electron chi connectivity index (χ0n) is 17.6. The van der Waals surface area contributed by atoms with Crippen molar-refractivity contribution in [2.24, 2.45) is 0 Å². The van der Waals surface area contributed by atoms with Crippen molar-refractivity contribution in [2.75, 3.05) is 50.6 Å². The van der Waals surface area contributed by atoms with Crippen LogP contribution in [-0.2, 0) is 0 Å². The summed E-state index contributed by atoms with van der Waals surface area (Å²) in [6, 6.07) is 7.68. The maximum atomic E-state index is 12.8. The van der Waals surface area contributed by atoms with Gasteiger partial charge in [-0.2, -0.15) is 4.98 Å². The van der Waals surface area contributed by atoms with Gasteiger partial charge in [0.25, 0.3) is 5.88 Å². The Bertz CT molecular complexity index is 1070. The lowest BCUT2D eigenvalue weighted by molar-refractivity contribution is 0.208. The van der Waals surface area contributed by atoms with Gasteiger partial charge in [0.05, 0.1) is 14.2 Å². The number of nitrogens with one attached hydrogen (secondary N) is 1. The molecule has 1 fully saturated rings. The molecule has 1 aliphatic heterocycles. The Morgan fingerprint density at radius 2 is 1.80 bits per heavy atom. The van der Waals surface area contributed by atoms with Gasteiger partial charge in [0.15, 0.2) is 5.82 Å². The highest BCUT2D eigenvalue weighted by Crippen LogP contribution is 2.27. The highest BCUT2D eigenvalue weighted by atomic mass is 16.5. The van der Waals surface area contributed by atoms with Crippen molar-refractivity contribution >= 4 is 28.8 Å². The van der Waals surface area contributed by atoms with E-state index in [4.69, 9.17) is 13.9 Å². The van der Waals surface area contributed by atoms with Crippen LogP contribution >= 0.6 is 0 Å². The predicted octanol–water partition coefficient (Wildman–Crippen LogP) is 3.21. The highest BCUT2D eigenvalue weighted by Gasteiger charge is 2.24. The molecule has 30 heavy (non-hydrogen) atoms. The lowest BCUT2D eigenvalue weighted by Crippen LogP contribution is -2.50. The lowest BCUT2D eigenvalue weighted by Gasteiger charge is -2.36. The third-order valence-corrected chi connectivity index (χ3v) is 5.08. The Morgan fingerprint density at radius 1 is 1.03 bits per heavy atom. The second-order valence-electron chi connectivity index (χ2n) is 7.24. The minimum atomic E-state index is -0.233. The van der Waals surface area contributed by atoms with Crippen molar-refractivity contribution in [3.05, 3.63) is 35.6 Å². The molecule has 2 aromatic heterocycles. The first-order chi connectivity index (χ1) is 14.5. The Hall–Kier alpha value is -3.49. The fraction of sp³-hybridized carbons (Fsp3) is 0.381. The van der Waals surface area contributed by atoms with Crippen LogP contribution < -0.4 is 19.7 Å². The van der Waals surface area contributed by atoms with Gasteiger partial charge in [-0.1, -0.05) is 0 Å². The van der Waals surface area contributed by atoms with Crippen LogP contribution in [0.25, 0.3) is 11.2 Å². The first kappa shape index (κ1) is 19.8. The van der Waals surface area contributed by atoms with Gasteiger partial charge in [0, 0.05) is 44.0 Å². The number of nitrogens with zero attached hydrogens (tertiary/aromatic N) is 4. The molecule has 0 bridgehead atoms. The minimum Gasteiger partial charge on any atom is -0.497 e. The van der Waals surface area contributed by atoms with Gasteiger partial charge in [0.1, 0.15) is 17.0 Å². The fourth-order valence-electron chi connectivity index (χ4n) is 3.56. The molecule has 9 nitrogen and oxygen atoms in total. The van der Waals surface area contributed by atoms with Crippen molar-refractivity contribution in [1.82, 2.24) is 14.9 Å². The summed E-state index contributed by atoms with van der Waals surface area (Å²) >= 11 is 0. The molecule has 0 spiro atoms. The standard InChI is InChI=1S/C21H25N5O4/c1-13-9-15(12-16(10-13)28-3)25-5-7-26(8-6-25)21(27)23-18-20(29-4)24-19-17(22-18)11-14(2)30-19/h9-12H,5-8H2,1-4H3,(H,22,23,27). The van der Waals surface area contributed by atoms with E-state index in [2.05, 4.69) is 26.3 Å². The zero-order valence-corrected chi connectivity index (χ0v) is 17.6. The largest absolute Gasteiger partial charge is 0.497 e. The molecule has 1 aliphatic rings. The SMILES string of the molecule is COc1cc(C)cc(N2CCN(C(=O)Nc3nc4cc(C)oc4nc3OC)CC2)c1. The number of hydrogen-bond donors (Lipinski definition) is 1. The normalized spacial score (nSPS) is 14.1. The fourth-order valence-corrected chi connectivity index (χ4v) is 3.56. The van der Waals surface area contributed by atoms with Crippen molar-refractivity contribution in [3.63, 3.8) is 0 Å². The molecule has 9 heteroatoms. The second kappa shape index (κ2) is 8.10. The van der Waals surface area contributed by atoms with E-state index in [-0.39, 0.29) is 17.7 Å². The summed E-state index contributed by atoms with van der Waals surface area (Å²) in [6.07, 6.45) is 0. The van der Waals surface area contributed by atoms with E-state index in [0.717, 1.165) is 30.1 Å². The van der Waals surface area contributed by atoms with Gasteiger partial charge in [-0.05, 0) is 31.5 Å². The van der Waals surface area contributed by atoms with E-state index >= 15 is 0 Å². The number of furan rings is 1. The van der Waals surface area contributed by atoms with Crippen LogP contribution in [0.4, 0.5) is 16.3 Å². The quantitative estimate of drug-likeness (QED) is 0.705. The van der Waals surface area contributed by atoms with Crippen LogP contribution in [0.3, 0.4) is 0 Å². The average molecular weight is 411 g/mol. The molecule has 158 valence electrons. The summed E-state index contributed by atoms with van der Waals surface area (Å²) in [6.45, 7) is 6.49. The van der Waals surface area contributed by atoms with Crippen LogP contribution in [0.2, 0.25) is 0 Å². The van der Waals surface area contributed by atoms with Crippen LogP contribution in [-0.4, -0.2) is 61.3 Å². The smallest absolute Gasteiger partial charge is 0.323 e. The number of carbonyl (C=O) groups excluding carboxylic acids is 1. The molecule has 1 saturated heterocycles. The molecule has 4 rings (SSSR count). The molecule has 0 aliphatic carbocycles. The first-order valence-corrected chi connectivity index (χ1v) is 9.75. The van der Waals surface area contributed by atoms with E-state index in [0.29, 0.717) is 30.1 Å². The number of benzene rings is 1. The summed E-state index contributed by atoms with van der Waals surface area (Å²) < 4.78 is 16.1. The van der Waals surface area contributed by atoms with Gasteiger partial charge < -0.3 is 23.7 Å². The van der Waals surface area contributed by atoms with E-state index in [9.17, 15) is 4.79 Å². The van der Waals surface area contributed by atoms with Crippen molar-refractivity contribution in [2.45, 2.75) is 13.8 Å². The monoisotopic (exact) mass is 411 g/mol. The lowest BCUT2D eigenvalue weighted by atomic mass is 10.1. The number of carbonyl (C=O) groups is 1. The molecule has 1 aromatic carbocycles. The van der Waals surface area contributed by atoms with Crippen LogP contribution in [0.1, 0.15) is 11.3 Å². The minimum absolute atomic E-state index is 0.218. The molecule has 0 saturated carbocycles. The molecule has 1 N–H and O–H groups in total. The molecule has 0 atom stereocenters. The molecule has 0 radical (unpaired) electrons. The number of fused-ring (bicyclic) bond motifs is 1. The summed E-state index contributed by atoms with van der Waals surface area (Å²) in [5.74, 6) is 2.03. The number of anilines is 2. The summed E-state index contributed by atoms with van der Waals surface area (Å²) in [5, 5.41) is 2.82. The second-order valence-corrected chi connectivity index (χ2v) is 7.24. The van der Waals surface area contributed by atoms with Crippen LogP contribution in [0.15, 0.2) is 28.7 Å². The number of hydrogen-bond acceptors (Lipinski definition) is 7. The zero-order chi connectivity index (χ0) is 21.3. The van der Waals surface area contributed by atoms with Gasteiger partial charge in [0.2, 0.25) is 5.71 Å². The number of urea groups is 1. The van der Waals surface area contributed by atoms with Crippen molar-refractivity contribution in [3.8, 4) is 11.6 Å². The van der Waals surface area contributed by atoms with E-state index < -0.39 is 0 Å². The molecule has 3 aromatic rings. The number of methoxy groups -OCH3 is 2. The van der Waals surface area contributed by atoms with Crippen LogP contribution in [0, 0.1) is 13.8 Å². The number of aromatic nitrogens is 2. The number of ether oxygens (including phenoxy) is 2. The molecule has 3 heterocycles. The topological polar surface area (TPSA) is 93.0 Å². The van der Waals surface area contributed by atoms with Crippen LogP contribution in [0.5, 0.6) is 11.6 Å². The van der Waals surface area contributed by atoms with Gasteiger partial charge in [-0.25, -0.2) is 9.78 Å². The van der Waals surface area contributed by atoms with Gasteiger partial charge in [-0.3, -0.25) is 5.32 Å². The summed E-state index contributed by atoms with van der Waals surface area (Å²) in [5.41, 5.74) is 3.19. The number of amides is 2. The summed E-state index contributed by atoms with van der Waals surface area (Å²) in [4.78, 5) is 25.5. The molecular formula is C21H25N5O4. The maximum Gasteiger partial charge on any atom is 0.323 e. The Kier molecular flexibility index (Phi) is 5.35. The van der Waals surface area contributed by atoms with Gasteiger partial charge >= 0.3 is 6.03 Å². The highest BCUT2D eigenvalue weighted by molar-refractivity contribution is 5.91. The molecule has 2 amide bonds. The maximum absolute atomic E-state index is 12.8. The average Bonchev–Trinajstić information content (AvgIpc) is 3.11. The number of rotatable bonds is 4. The Morgan fingerprint density at radius 3 is 2.50 bits per heavy atom. The molecule has 0 unspecified atom stereocenters. The van der Waals surface area contributed by atoms with E-state index in [1.54, 1.807) is 18.1 Å². The predicted molar refractivity (Wildman–Crippen MR) is 114 cm³/mol. The van der Waals surface area contributed by atoms with Gasteiger partial charge in [-0.15, -0.1) is 0 Å². The number of aryl methyl sites for hydroxylation is 2. The van der Waals surface area contributed by atoms with E-state index in [1.807, 2.05) is 26.0 Å². The van der Waals surface area contributed by atoms with E-state index in [1.165, 1.54) is 7.11 Å². The summed E-state index contributed by atoms with van der Waals surface area (Å²) in [7, 11) is 3.15. The molecular weight excluding hydrogens is 386 g/mol. The van der Waals surface area contributed by atoms with Crippen molar-refractivity contribution in [1.29, 1.82) is 0 Å². The van der Waals surface area contributed by atoms with Crippen molar-refractivity contribution < 1.29 is 18.7 Å².